The average Bonchev–Trinajstić information content (AvgIpc) is 2.68. The van der Waals surface area contributed by atoms with Crippen LogP contribution >= 0.6 is 0 Å². The minimum atomic E-state index is -0.524. The molecular formula is C21H25N3O3. The van der Waals surface area contributed by atoms with Crippen LogP contribution in [0.2, 0.25) is 0 Å². The first kappa shape index (κ1) is 20.0. The standard InChI is InChI=1S/C21H25N3O3/c1-3-27-20(25)14-19(23-16(2)18-12-8-5-9-13-18)24-21(26)22-15-17-10-6-4-7-11-17/h4-14,16,23H,3,15H2,1-2H3,(H2,22,24,26)/b19-14-/t16-/m0/s1. The van der Waals surface area contributed by atoms with E-state index in [1.54, 1.807) is 6.92 Å². The number of amides is 2. The maximum Gasteiger partial charge on any atom is 0.334 e. The lowest BCUT2D eigenvalue weighted by Crippen LogP contribution is -2.40. The Kier molecular flexibility index (Phi) is 7.91. The van der Waals surface area contributed by atoms with Gasteiger partial charge in [-0.2, -0.15) is 0 Å². The van der Waals surface area contributed by atoms with Crippen molar-refractivity contribution in [3.05, 3.63) is 83.7 Å². The Morgan fingerprint density at radius 2 is 1.67 bits per heavy atom. The van der Waals surface area contributed by atoms with Crippen molar-refractivity contribution in [1.82, 2.24) is 16.0 Å². The van der Waals surface area contributed by atoms with Crippen LogP contribution < -0.4 is 16.0 Å². The average molecular weight is 367 g/mol. The van der Waals surface area contributed by atoms with E-state index in [2.05, 4.69) is 16.0 Å². The molecule has 0 heterocycles. The van der Waals surface area contributed by atoms with Crippen LogP contribution in [0.1, 0.15) is 31.0 Å². The van der Waals surface area contributed by atoms with Gasteiger partial charge in [-0.1, -0.05) is 60.7 Å². The smallest absolute Gasteiger partial charge is 0.334 e. The predicted molar refractivity (Wildman–Crippen MR) is 105 cm³/mol. The zero-order chi connectivity index (χ0) is 19.5. The summed E-state index contributed by atoms with van der Waals surface area (Å²) in [6.07, 6.45) is 1.24. The molecule has 2 aromatic carbocycles. The molecule has 0 aliphatic carbocycles. The lowest BCUT2D eigenvalue weighted by atomic mass is 10.1. The summed E-state index contributed by atoms with van der Waals surface area (Å²) < 4.78 is 4.94. The molecule has 0 aromatic heterocycles. The Morgan fingerprint density at radius 3 is 2.30 bits per heavy atom. The molecule has 2 aromatic rings. The van der Waals surface area contributed by atoms with Gasteiger partial charge in [0.15, 0.2) is 0 Å². The minimum absolute atomic E-state index is 0.110. The number of carbonyl (C=O) groups is 2. The molecule has 0 bridgehead atoms. The summed E-state index contributed by atoms with van der Waals surface area (Å²) in [4.78, 5) is 24.1. The second-order valence-corrected chi connectivity index (χ2v) is 5.88. The van der Waals surface area contributed by atoms with E-state index in [1.165, 1.54) is 6.08 Å². The van der Waals surface area contributed by atoms with Gasteiger partial charge in [-0.15, -0.1) is 0 Å². The Labute approximate surface area is 159 Å². The van der Waals surface area contributed by atoms with Gasteiger partial charge in [-0.05, 0) is 25.0 Å². The van der Waals surface area contributed by atoms with E-state index in [-0.39, 0.29) is 18.5 Å². The Bertz CT molecular complexity index is 761. The molecular weight excluding hydrogens is 342 g/mol. The SMILES string of the molecule is CCOC(=O)/C=C(\NC(=O)NCc1ccccc1)N[C@@H](C)c1ccccc1. The fourth-order valence-corrected chi connectivity index (χ4v) is 2.42. The molecule has 0 aliphatic rings. The van der Waals surface area contributed by atoms with Crippen molar-refractivity contribution in [2.75, 3.05) is 6.61 Å². The first-order valence-corrected chi connectivity index (χ1v) is 8.87. The summed E-state index contributed by atoms with van der Waals surface area (Å²) in [5, 5.41) is 8.58. The third kappa shape index (κ3) is 7.23. The van der Waals surface area contributed by atoms with Crippen molar-refractivity contribution < 1.29 is 14.3 Å². The molecule has 3 N–H and O–H groups in total. The summed E-state index contributed by atoms with van der Waals surface area (Å²) in [5.41, 5.74) is 2.01. The highest BCUT2D eigenvalue weighted by Gasteiger charge is 2.11. The number of carbonyl (C=O) groups excluding carboxylic acids is 2. The van der Waals surface area contributed by atoms with Gasteiger partial charge in [0.25, 0.3) is 0 Å². The van der Waals surface area contributed by atoms with Gasteiger partial charge in [0, 0.05) is 12.6 Å². The van der Waals surface area contributed by atoms with Crippen molar-refractivity contribution in [3.63, 3.8) is 0 Å². The quantitative estimate of drug-likeness (QED) is 0.494. The van der Waals surface area contributed by atoms with Crippen molar-refractivity contribution in [3.8, 4) is 0 Å². The molecule has 142 valence electrons. The molecule has 1 atom stereocenters. The van der Waals surface area contributed by atoms with Crippen molar-refractivity contribution in [2.45, 2.75) is 26.4 Å². The van der Waals surface area contributed by atoms with Gasteiger partial charge in [0.1, 0.15) is 5.82 Å². The third-order valence-corrected chi connectivity index (χ3v) is 3.76. The predicted octanol–water partition coefficient (Wildman–Crippen LogP) is 3.24. The molecule has 0 unspecified atom stereocenters. The first-order valence-electron chi connectivity index (χ1n) is 8.87. The van der Waals surface area contributed by atoms with Crippen molar-refractivity contribution in [2.24, 2.45) is 0 Å². The molecule has 0 spiro atoms. The van der Waals surface area contributed by atoms with E-state index >= 15 is 0 Å². The normalized spacial score (nSPS) is 12.0. The Morgan fingerprint density at radius 1 is 1.04 bits per heavy atom. The van der Waals surface area contributed by atoms with Gasteiger partial charge >= 0.3 is 12.0 Å². The van der Waals surface area contributed by atoms with Gasteiger partial charge in [0.2, 0.25) is 0 Å². The second kappa shape index (κ2) is 10.7. The molecule has 6 heteroatoms. The van der Waals surface area contributed by atoms with Gasteiger partial charge in [-0.25, -0.2) is 9.59 Å². The van der Waals surface area contributed by atoms with Crippen molar-refractivity contribution in [1.29, 1.82) is 0 Å². The summed E-state index contributed by atoms with van der Waals surface area (Å²) in [7, 11) is 0. The highest BCUT2D eigenvalue weighted by molar-refractivity contribution is 5.84. The number of urea groups is 1. The van der Waals surface area contributed by atoms with Crippen LogP contribution in [-0.2, 0) is 16.1 Å². The van der Waals surface area contributed by atoms with Crippen LogP contribution in [0.3, 0.4) is 0 Å². The third-order valence-electron chi connectivity index (χ3n) is 3.76. The zero-order valence-electron chi connectivity index (χ0n) is 15.6. The minimum Gasteiger partial charge on any atom is -0.463 e. The monoisotopic (exact) mass is 367 g/mol. The largest absolute Gasteiger partial charge is 0.463 e. The number of rotatable bonds is 8. The van der Waals surface area contributed by atoms with Gasteiger partial charge in [0.05, 0.1) is 12.7 Å². The highest BCUT2D eigenvalue weighted by atomic mass is 16.5. The molecule has 27 heavy (non-hydrogen) atoms. The van der Waals surface area contributed by atoms with Crippen LogP contribution in [0.4, 0.5) is 4.79 Å². The molecule has 0 aliphatic heterocycles. The van der Waals surface area contributed by atoms with Crippen LogP contribution in [0.25, 0.3) is 0 Å². The summed E-state index contributed by atoms with van der Waals surface area (Å²) in [5.74, 6) is -0.251. The number of benzene rings is 2. The van der Waals surface area contributed by atoms with Crippen molar-refractivity contribution >= 4 is 12.0 Å². The number of ether oxygens (including phenoxy) is 1. The van der Waals surface area contributed by atoms with E-state index in [0.29, 0.717) is 6.54 Å². The lowest BCUT2D eigenvalue weighted by Gasteiger charge is -2.19. The Balaban J connectivity index is 2.01. The maximum atomic E-state index is 12.2. The summed E-state index contributed by atoms with van der Waals surface area (Å²) in [6, 6.07) is 18.8. The fraction of sp³-hybridized carbons (Fsp3) is 0.238. The number of esters is 1. The van der Waals surface area contributed by atoms with E-state index in [4.69, 9.17) is 4.74 Å². The summed E-state index contributed by atoms with van der Waals surface area (Å²) >= 11 is 0. The van der Waals surface area contributed by atoms with Crippen LogP contribution in [0.15, 0.2) is 72.6 Å². The molecule has 0 saturated carbocycles. The topological polar surface area (TPSA) is 79.5 Å². The first-order chi connectivity index (χ1) is 13.1. The number of nitrogens with one attached hydrogen (secondary N) is 3. The van der Waals surface area contributed by atoms with Crippen LogP contribution in [0.5, 0.6) is 0 Å². The molecule has 0 saturated heterocycles. The van der Waals surface area contributed by atoms with Crippen LogP contribution in [-0.4, -0.2) is 18.6 Å². The van der Waals surface area contributed by atoms with Gasteiger partial charge in [-0.3, -0.25) is 5.32 Å². The number of hydrogen-bond donors (Lipinski definition) is 3. The maximum absolute atomic E-state index is 12.2. The highest BCUT2D eigenvalue weighted by Crippen LogP contribution is 2.12. The molecule has 0 radical (unpaired) electrons. The fourth-order valence-electron chi connectivity index (χ4n) is 2.42. The van der Waals surface area contributed by atoms with E-state index in [1.807, 2.05) is 67.6 Å². The van der Waals surface area contributed by atoms with E-state index in [0.717, 1.165) is 11.1 Å². The molecule has 2 rings (SSSR count). The second-order valence-electron chi connectivity index (χ2n) is 5.88. The summed E-state index contributed by atoms with van der Waals surface area (Å²) in [6.45, 7) is 4.31. The van der Waals surface area contributed by atoms with E-state index in [9.17, 15) is 9.59 Å². The van der Waals surface area contributed by atoms with Crippen LogP contribution in [0, 0.1) is 0 Å². The number of hydrogen-bond acceptors (Lipinski definition) is 4. The zero-order valence-corrected chi connectivity index (χ0v) is 15.6. The van der Waals surface area contributed by atoms with Gasteiger partial charge < -0.3 is 15.4 Å². The Hall–Kier alpha value is -3.28. The lowest BCUT2D eigenvalue weighted by molar-refractivity contribution is -0.137. The van der Waals surface area contributed by atoms with E-state index < -0.39 is 12.0 Å². The molecule has 2 amide bonds. The molecule has 6 nitrogen and oxygen atoms in total. The molecule has 0 fully saturated rings.